The number of hydrogen-bond donors (Lipinski definition) is 1. The highest BCUT2D eigenvalue weighted by molar-refractivity contribution is 5.21. The van der Waals surface area contributed by atoms with E-state index >= 15 is 0 Å². The van der Waals surface area contributed by atoms with Crippen LogP contribution in [0.15, 0.2) is 18.2 Å². The monoisotopic (exact) mass is 249 g/mol. The number of ether oxygens (including phenoxy) is 1. The maximum absolute atomic E-state index is 6.27. The number of likely N-dealkylation sites (tertiary alicyclic amines) is 1. The van der Waals surface area contributed by atoms with Crippen LogP contribution in [0, 0.1) is 0 Å². The van der Waals surface area contributed by atoms with Crippen LogP contribution in [0.2, 0.25) is 0 Å². The van der Waals surface area contributed by atoms with Gasteiger partial charge in [0.15, 0.2) is 0 Å². The van der Waals surface area contributed by atoms with Crippen LogP contribution in [0.4, 0.5) is 0 Å². The van der Waals surface area contributed by atoms with E-state index in [1.54, 1.807) is 7.11 Å². The molecule has 1 fully saturated rings. The summed E-state index contributed by atoms with van der Waals surface area (Å²) in [6.45, 7) is 7.68. The fourth-order valence-corrected chi connectivity index (χ4v) is 2.66. The summed E-state index contributed by atoms with van der Waals surface area (Å²) >= 11 is 0. The molecular weight excluding hydrogens is 226 g/mol. The summed E-state index contributed by atoms with van der Waals surface area (Å²) in [7, 11) is 1.64. The molecule has 2 rings (SSSR count). The Morgan fingerprint density at radius 1 is 1.39 bits per heavy atom. The van der Waals surface area contributed by atoms with Crippen molar-refractivity contribution in [2.45, 2.75) is 44.8 Å². The van der Waals surface area contributed by atoms with Crippen molar-refractivity contribution in [2.24, 2.45) is 5.73 Å². The minimum Gasteiger partial charge on any atom is -0.481 e. The second-order valence-electron chi connectivity index (χ2n) is 5.87. The highest BCUT2D eigenvalue weighted by atomic mass is 16.5. The number of aromatic nitrogens is 1. The Balaban J connectivity index is 2.33. The first kappa shape index (κ1) is 13.3. The molecule has 0 aromatic carbocycles. The van der Waals surface area contributed by atoms with Crippen LogP contribution >= 0.6 is 0 Å². The van der Waals surface area contributed by atoms with Crippen LogP contribution < -0.4 is 10.5 Å². The van der Waals surface area contributed by atoms with Crippen LogP contribution in [-0.2, 0) is 0 Å². The zero-order valence-electron chi connectivity index (χ0n) is 11.7. The molecule has 100 valence electrons. The van der Waals surface area contributed by atoms with E-state index in [1.807, 2.05) is 18.2 Å². The standard InChI is InChI=1S/C14H23N3O/c1-14(2,3)17-9-8-10(15)13(17)11-6-5-7-12(16-11)18-4/h5-7,10,13H,8-9,15H2,1-4H3. The lowest BCUT2D eigenvalue weighted by atomic mass is 10.0. The summed E-state index contributed by atoms with van der Waals surface area (Å²) in [5, 5.41) is 0. The number of nitrogens with two attached hydrogens (primary N) is 1. The van der Waals surface area contributed by atoms with Gasteiger partial charge in [0.05, 0.1) is 18.8 Å². The molecule has 0 bridgehead atoms. The van der Waals surface area contributed by atoms with Crippen molar-refractivity contribution in [2.75, 3.05) is 13.7 Å². The predicted octanol–water partition coefficient (Wildman–Crippen LogP) is 1.96. The van der Waals surface area contributed by atoms with Crippen molar-refractivity contribution in [3.05, 3.63) is 23.9 Å². The van der Waals surface area contributed by atoms with Crippen LogP contribution in [0.25, 0.3) is 0 Å². The molecule has 1 aliphatic rings. The van der Waals surface area contributed by atoms with E-state index in [-0.39, 0.29) is 17.6 Å². The van der Waals surface area contributed by atoms with Gasteiger partial charge in [-0.05, 0) is 33.3 Å². The zero-order valence-corrected chi connectivity index (χ0v) is 11.7. The Labute approximate surface area is 109 Å². The Morgan fingerprint density at radius 3 is 2.72 bits per heavy atom. The van der Waals surface area contributed by atoms with Crippen molar-refractivity contribution < 1.29 is 4.74 Å². The molecule has 0 spiro atoms. The molecule has 2 heterocycles. The van der Waals surface area contributed by atoms with Gasteiger partial charge in [-0.3, -0.25) is 4.90 Å². The second-order valence-corrected chi connectivity index (χ2v) is 5.87. The molecule has 0 aliphatic carbocycles. The third-order valence-electron chi connectivity index (χ3n) is 3.56. The Bertz CT molecular complexity index is 414. The lowest BCUT2D eigenvalue weighted by molar-refractivity contribution is 0.114. The van der Waals surface area contributed by atoms with Crippen LogP contribution in [0.1, 0.15) is 38.9 Å². The van der Waals surface area contributed by atoms with Gasteiger partial charge in [-0.1, -0.05) is 6.07 Å². The van der Waals surface area contributed by atoms with E-state index in [1.165, 1.54) is 0 Å². The topological polar surface area (TPSA) is 51.4 Å². The highest BCUT2D eigenvalue weighted by Crippen LogP contribution is 2.36. The average Bonchev–Trinajstić information content (AvgIpc) is 2.71. The van der Waals surface area contributed by atoms with E-state index in [4.69, 9.17) is 10.5 Å². The van der Waals surface area contributed by atoms with E-state index in [0.717, 1.165) is 18.7 Å². The smallest absolute Gasteiger partial charge is 0.213 e. The molecule has 18 heavy (non-hydrogen) atoms. The Hall–Kier alpha value is -1.13. The molecule has 2 atom stereocenters. The van der Waals surface area contributed by atoms with Crippen LogP contribution in [0.5, 0.6) is 5.88 Å². The third-order valence-corrected chi connectivity index (χ3v) is 3.56. The summed E-state index contributed by atoms with van der Waals surface area (Å²) in [5.74, 6) is 0.653. The molecule has 1 aliphatic heterocycles. The molecule has 2 unspecified atom stereocenters. The SMILES string of the molecule is COc1cccc(C2C(N)CCN2C(C)(C)C)n1. The lowest BCUT2D eigenvalue weighted by Gasteiger charge is -2.37. The number of rotatable bonds is 2. The number of hydrogen-bond acceptors (Lipinski definition) is 4. The molecule has 0 radical (unpaired) electrons. The number of methoxy groups -OCH3 is 1. The highest BCUT2D eigenvalue weighted by Gasteiger charge is 2.39. The maximum Gasteiger partial charge on any atom is 0.213 e. The van der Waals surface area contributed by atoms with Gasteiger partial charge in [0.2, 0.25) is 5.88 Å². The second kappa shape index (κ2) is 4.86. The van der Waals surface area contributed by atoms with Gasteiger partial charge >= 0.3 is 0 Å². The first-order chi connectivity index (χ1) is 8.43. The molecule has 4 heteroatoms. The molecule has 1 aromatic heterocycles. The fourth-order valence-electron chi connectivity index (χ4n) is 2.66. The van der Waals surface area contributed by atoms with Gasteiger partial charge in [-0.25, -0.2) is 4.98 Å². The van der Waals surface area contributed by atoms with Crippen molar-refractivity contribution in [1.82, 2.24) is 9.88 Å². The van der Waals surface area contributed by atoms with E-state index in [0.29, 0.717) is 5.88 Å². The van der Waals surface area contributed by atoms with Gasteiger partial charge in [0.1, 0.15) is 0 Å². The lowest BCUT2D eigenvalue weighted by Crippen LogP contribution is -2.43. The molecule has 0 amide bonds. The molecule has 2 N–H and O–H groups in total. The van der Waals surface area contributed by atoms with E-state index < -0.39 is 0 Å². The predicted molar refractivity (Wildman–Crippen MR) is 72.6 cm³/mol. The van der Waals surface area contributed by atoms with Gasteiger partial charge in [0.25, 0.3) is 0 Å². The summed E-state index contributed by atoms with van der Waals surface area (Å²) in [5.41, 5.74) is 7.38. The van der Waals surface area contributed by atoms with Crippen molar-refractivity contribution >= 4 is 0 Å². The zero-order chi connectivity index (χ0) is 13.3. The quantitative estimate of drug-likeness (QED) is 0.870. The number of nitrogens with zero attached hydrogens (tertiary/aromatic N) is 2. The first-order valence-electron chi connectivity index (χ1n) is 6.47. The van der Waals surface area contributed by atoms with Crippen molar-refractivity contribution in [3.63, 3.8) is 0 Å². The minimum atomic E-state index is 0.101. The Morgan fingerprint density at radius 2 is 2.11 bits per heavy atom. The van der Waals surface area contributed by atoms with Gasteiger partial charge < -0.3 is 10.5 Å². The van der Waals surface area contributed by atoms with Crippen LogP contribution in [0.3, 0.4) is 0 Å². The molecule has 1 aromatic rings. The fraction of sp³-hybridized carbons (Fsp3) is 0.643. The average molecular weight is 249 g/mol. The molecular formula is C14H23N3O. The Kier molecular flexibility index (Phi) is 3.59. The van der Waals surface area contributed by atoms with Gasteiger partial charge in [-0.15, -0.1) is 0 Å². The molecule has 4 nitrogen and oxygen atoms in total. The summed E-state index contributed by atoms with van der Waals surface area (Å²) < 4.78 is 5.20. The van der Waals surface area contributed by atoms with Gasteiger partial charge in [-0.2, -0.15) is 0 Å². The maximum atomic E-state index is 6.27. The largest absolute Gasteiger partial charge is 0.481 e. The summed E-state index contributed by atoms with van der Waals surface area (Å²) in [6, 6.07) is 6.21. The summed E-state index contributed by atoms with van der Waals surface area (Å²) in [6.07, 6.45) is 1.01. The van der Waals surface area contributed by atoms with E-state index in [9.17, 15) is 0 Å². The molecule has 1 saturated heterocycles. The van der Waals surface area contributed by atoms with E-state index in [2.05, 4.69) is 30.7 Å². The molecule has 0 saturated carbocycles. The van der Waals surface area contributed by atoms with Crippen LogP contribution in [-0.4, -0.2) is 35.1 Å². The van der Waals surface area contributed by atoms with Crippen molar-refractivity contribution in [3.8, 4) is 5.88 Å². The summed E-state index contributed by atoms with van der Waals surface area (Å²) in [4.78, 5) is 6.97. The normalized spacial score (nSPS) is 25.4. The number of pyridine rings is 1. The van der Waals surface area contributed by atoms with Crippen molar-refractivity contribution in [1.29, 1.82) is 0 Å². The minimum absolute atomic E-state index is 0.101. The van der Waals surface area contributed by atoms with Gasteiger partial charge in [0, 0.05) is 24.2 Å². The first-order valence-corrected chi connectivity index (χ1v) is 6.47. The third kappa shape index (κ3) is 2.49.